The summed E-state index contributed by atoms with van der Waals surface area (Å²) in [5.74, 6) is 1.06. The summed E-state index contributed by atoms with van der Waals surface area (Å²) < 4.78 is 5.59. The van der Waals surface area contributed by atoms with E-state index in [9.17, 15) is 4.79 Å². The Bertz CT molecular complexity index is 397. The van der Waals surface area contributed by atoms with Crippen LogP contribution in [-0.4, -0.2) is 17.7 Å². The molecule has 1 aromatic rings. The van der Waals surface area contributed by atoms with Gasteiger partial charge in [-0.05, 0) is 36.8 Å². The van der Waals surface area contributed by atoms with Crippen LogP contribution in [0.2, 0.25) is 0 Å². The molecule has 1 aromatic carbocycles. The van der Waals surface area contributed by atoms with Gasteiger partial charge in [-0.1, -0.05) is 24.3 Å². The lowest BCUT2D eigenvalue weighted by Crippen LogP contribution is -1.98. The third-order valence-corrected chi connectivity index (χ3v) is 2.96. The maximum atomic E-state index is 10.3. The Hall–Kier alpha value is -1.77. The zero-order valence-corrected chi connectivity index (χ0v) is 9.58. The van der Waals surface area contributed by atoms with Crippen molar-refractivity contribution in [1.29, 1.82) is 0 Å². The van der Waals surface area contributed by atoms with E-state index >= 15 is 0 Å². The van der Waals surface area contributed by atoms with Crippen LogP contribution in [0.15, 0.2) is 42.5 Å². The van der Waals surface area contributed by atoms with Crippen molar-refractivity contribution in [2.24, 2.45) is 11.8 Å². The molecule has 3 nitrogen and oxygen atoms in total. The summed E-state index contributed by atoms with van der Waals surface area (Å²) in [4.78, 5) is 10.3. The quantitative estimate of drug-likeness (QED) is 0.767. The highest BCUT2D eigenvalue weighted by Gasteiger charge is 2.34. The number of para-hydroxylation sites is 1. The average molecular weight is 232 g/mol. The average Bonchev–Trinajstić information content (AvgIpc) is 3.07. The van der Waals surface area contributed by atoms with Crippen LogP contribution in [0, 0.1) is 11.8 Å². The minimum absolute atomic E-state index is 0.436. The molecule has 0 radical (unpaired) electrons. The fourth-order valence-electron chi connectivity index (χ4n) is 1.89. The summed E-state index contributed by atoms with van der Waals surface area (Å²) in [6.07, 6.45) is 5.10. The first-order chi connectivity index (χ1) is 8.25. The summed E-state index contributed by atoms with van der Waals surface area (Å²) in [5, 5.41) is 8.49. The van der Waals surface area contributed by atoms with Gasteiger partial charge in [0.25, 0.3) is 0 Å². The number of hydrogen-bond acceptors (Lipinski definition) is 2. The molecule has 1 saturated carbocycles. The molecule has 1 aliphatic rings. The number of carboxylic acid groups (broad SMARTS) is 1. The monoisotopic (exact) mass is 232 g/mol. The van der Waals surface area contributed by atoms with Crippen LogP contribution in [0.25, 0.3) is 0 Å². The van der Waals surface area contributed by atoms with Crippen molar-refractivity contribution in [3.63, 3.8) is 0 Å². The van der Waals surface area contributed by atoms with Gasteiger partial charge in [-0.25, -0.2) is 4.79 Å². The van der Waals surface area contributed by atoms with Crippen molar-refractivity contribution in [2.75, 3.05) is 6.61 Å². The van der Waals surface area contributed by atoms with E-state index < -0.39 is 5.97 Å². The largest absolute Gasteiger partial charge is 0.494 e. The van der Waals surface area contributed by atoms with E-state index in [0.717, 1.165) is 18.6 Å². The van der Waals surface area contributed by atoms with E-state index in [-0.39, 0.29) is 0 Å². The maximum absolute atomic E-state index is 10.3. The molecule has 90 valence electrons. The molecule has 0 bridgehead atoms. The summed E-state index contributed by atoms with van der Waals surface area (Å²) in [6, 6.07) is 9.74. The van der Waals surface area contributed by atoms with E-state index in [1.165, 1.54) is 6.08 Å². The normalized spacial score (nSPS) is 22.6. The van der Waals surface area contributed by atoms with Crippen LogP contribution in [0.1, 0.15) is 12.8 Å². The molecular formula is C14H16O3. The van der Waals surface area contributed by atoms with Crippen molar-refractivity contribution in [3.05, 3.63) is 42.5 Å². The molecule has 0 amide bonds. The number of benzene rings is 1. The second-order valence-electron chi connectivity index (χ2n) is 4.31. The van der Waals surface area contributed by atoms with Crippen LogP contribution in [0.5, 0.6) is 5.75 Å². The van der Waals surface area contributed by atoms with Crippen molar-refractivity contribution < 1.29 is 14.6 Å². The smallest absolute Gasteiger partial charge is 0.327 e. The minimum atomic E-state index is -0.865. The fraction of sp³-hybridized carbons (Fsp3) is 0.357. The predicted molar refractivity (Wildman–Crippen MR) is 64.9 cm³/mol. The molecule has 2 atom stereocenters. The highest BCUT2D eigenvalue weighted by molar-refractivity contribution is 5.79. The molecule has 17 heavy (non-hydrogen) atoms. The highest BCUT2D eigenvalue weighted by Crippen LogP contribution is 2.42. The molecule has 0 saturated heterocycles. The summed E-state index contributed by atoms with van der Waals surface area (Å²) in [7, 11) is 0. The Labute approximate surface area is 101 Å². The third-order valence-electron chi connectivity index (χ3n) is 2.96. The summed E-state index contributed by atoms with van der Waals surface area (Å²) in [6.45, 7) is 0.700. The van der Waals surface area contributed by atoms with Gasteiger partial charge in [0.15, 0.2) is 0 Å². The van der Waals surface area contributed by atoms with E-state index in [1.807, 2.05) is 30.3 Å². The zero-order valence-electron chi connectivity index (χ0n) is 9.58. The summed E-state index contributed by atoms with van der Waals surface area (Å²) >= 11 is 0. The van der Waals surface area contributed by atoms with Crippen molar-refractivity contribution in [2.45, 2.75) is 12.8 Å². The lowest BCUT2D eigenvalue weighted by Gasteiger charge is -2.04. The molecule has 1 aliphatic carbocycles. The zero-order chi connectivity index (χ0) is 12.1. The number of ether oxygens (including phenoxy) is 1. The lowest BCUT2D eigenvalue weighted by atomic mass is 10.2. The van der Waals surface area contributed by atoms with Crippen molar-refractivity contribution in [1.82, 2.24) is 0 Å². The van der Waals surface area contributed by atoms with Gasteiger partial charge < -0.3 is 9.84 Å². The molecule has 3 heteroatoms. The van der Waals surface area contributed by atoms with Gasteiger partial charge in [-0.15, -0.1) is 0 Å². The Morgan fingerprint density at radius 1 is 1.41 bits per heavy atom. The Morgan fingerprint density at radius 2 is 2.18 bits per heavy atom. The highest BCUT2D eigenvalue weighted by atomic mass is 16.5. The van der Waals surface area contributed by atoms with E-state index in [4.69, 9.17) is 9.84 Å². The molecule has 2 unspecified atom stereocenters. The Kier molecular flexibility index (Phi) is 3.81. The molecule has 1 fully saturated rings. The first kappa shape index (κ1) is 11.7. The minimum Gasteiger partial charge on any atom is -0.494 e. The number of hydrogen-bond donors (Lipinski definition) is 1. The van der Waals surface area contributed by atoms with Crippen LogP contribution in [0.4, 0.5) is 0 Å². The third kappa shape index (κ3) is 3.94. The molecule has 0 aliphatic heterocycles. The van der Waals surface area contributed by atoms with Gasteiger partial charge in [-0.2, -0.15) is 0 Å². The van der Waals surface area contributed by atoms with Crippen LogP contribution < -0.4 is 4.74 Å². The van der Waals surface area contributed by atoms with Crippen LogP contribution >= 0.6 is 0 Å². The van der Waals surface area contributed by atoms with Gasteiger partial charge in [0, 0.05) is 6.08 Å². The molecule has 1 N–H and O–H groups in total. The molecular weight excluding hydrogens is 216 g/mol. The topological polar surface area (TPSA) is 46.5 Å². The number of rotatable bonds is 6. The van der Waals surface area contributed by atoms with Gasteiger partial charge in [0.05, 0.1) is 6.61 Å². The summed E-state index contributed by atoms with van der Waals surface area (Å²) in [5.41, 5.74) is 0. The molecule has 0 heterocycles. The van der Waals surface area contributed by atoms with E-state index in [1.54, 1.807) is 6.08 Å². The van der Waals surface area contributed by atoms with Gasteiger partial charge >= 0.3 is 5.97 Å². The number of carboxylic acids is 1. The van der Waals surface area contributed by atoms with Crippen molar-refractivity contribution in [3.8, 4) is 5.75 Å². The first-order valence-corrected chi connectivity index (χ1v) is 5.84. The molecule has 2 rings (SSSR count). The van der Waals surface area contributed by atoms with Crippen LogP contribution in [-0.2, 0) is 4.79 Å². The fourth-order valence-corrected chi connectivity index (χ4v) is 1.89. The second kappa shape index (κ2) is 5.53. The lowest BCUT2D eigenvalue weighted by molar-refractivity contribution is -0.131. The Balaban J connectivity index is 1.63. The number of allylic oxidation sites excluding steroid dienone is 1. The number of carbonyl (C=O) groups is 1. The van der Waals surface area contributed by atoms with Crippen molar-refractivity contribution >= 4 is 5.97 Å². The van der Waals surface area contributed by atoms with E-state index in [0.29, 0.717) is 18.4 Å². The SMILES string of the molecule is O=C(O)/C=C/C1CC1CCOc1ccccc1. The second-order valence-corrected chi connectivity index (χ2v) is 4.31. The molecule has 0 aromatic heterocycles. The predicted octanol–water partition coefficient (Wildman–Crippen LogP) is 2.73. The molecule has 0 spiro atoms. The Morgan fingerprint density at radius 3 is 2.88 bits per heavy atom. The number of aliphatic carboxylic acids is 1. The van der Waals surface area contributed by atoms with Gasteiger partial charge in [-0.3, -0.25) is 0 Å². The van der Waals surface area contributed by atoms with E-state index in [2.05, 4.69) is 0 Å². The van der Waals surface area contributed by atoms with Gasteiger partial charge in [0.2, 0.25) is 0 Å². The first-order valence-electron chi connectivity index (χ1n) is 5.84. The van der Waals surface area contributed by atoms with Gasteiger partial charge in [0.1, 0.15) is 5.75 Å². The standard InChI is InChI=1S/C14H16O3/c15-14(16)7-6-11-10-12(11)8-9-17-13-4-2-1-3-5-13/h1-7,11-12H,8-10H2,(H,15,16)/b7-6+. The van der Waals surface area contributed by atoms with Crippen LogP contribution in [0.3, 0.4) is 0 Å². The maximum Gasteiger partial charge on any atom is 0.327 e.